The summed E-state index contributed by atoms with van der Waals surface area (Å²) in [7, 11) is 0. The van der Waals surface area contributed by atoms with E-state index >= 15 is 0 Å². The van der Waals surface area contributed by atoms with Gasteiger partial charge in [-0.15, -0.1) is 0 Å². The first kappa shape index (κ1) is 23.7. The molecule has 0 spiro atoms. The summed E-state index contributed by atoms with van der Waals surface area (Å²) in [6.45, 7) is 7.07. The lowest BCUT2D eigenvalue weighted by atomic mass is 9.95. The van der Waals surface area contributed by atoms with Crippen LogP contribution in [0.5, 0.6) is 5.75 Å². The van der Waals surface area contributed by atoms with E-state index in [1.807, 2.05) is 36.9 Å². The Morgan fingerprint density at radius 2 is 1.92 bits per heavy atom. The molecule has 4 aromatic rings. The third-order valence-corrected chi connectivity index (χ3v) is 7.09. The number of ether oxygens (including phenoxy) is 1. The molecule has 1 fully saturated rings. The number of aromatic nitrogens is 2. The van der Waals surface area contributed by atoms with Crippen molar-refractivity contribution in [3.05, 3.63) is 60.0 Å². The standard InChI is InChI=1S/C28H29F2N5O2/c1-16(2)35-9-10-36-27-21(29)11-19(12-23(27)35)26-22(30)15-32-28(34-26)33-20-4-3-18-13-24(37-25(18)14-20)17-5-7-31-8-6-17/h3-4,11-17,31H,5-10H2,1-2H3,(H,32,33,34). The van der Waals surface area contributed by atoms with Crippen LogP contribution in [0.3, 0.4) is 0 Å². The molecule has 9 heteroatoms. The van der Waals surface area contributed by atoms with Crippen molar-refractivity contribution in [2.45, 2.75) is 38.6 Å². The Labute approximate surface area is 213 Å². The molecular formula is C28H29F2N5O2. The van der Waals surface area contributed by atoms with Crippen LogP contribution in [0, 0.1) is 11.6 Å². The third-order valence-electron chi connectivity index (χ3n) is 7.09. The number of anilines is 3. The van der Waals surface area contributed by atoms with Crippen LogP contribution in [0.15, 0.2) is 47.0 Å². The highest BCUT2D eigenvalue weighted by Crippen LogP contribution is 2.39. The maximum atomic E-state index is 15.0. The highest BCUT2D eigenvalue weighted by atomic mass is 19.1. The number of halogens is 2. The Balaban J connectivity index is 1.30. The summed E-state index contributed by atoms with van der Waals surface area (Å²) in [6, 6.07) is 11.0. The van der Waals surface area contributed by atoms with Gasteiger partial charge in [-0.1, -0.05) is 0 Å². The van der Waals surface area contributed by atoms with Crippen molar-refractivity contribution in [2.75, 3.05) is 36.5 Å². The average molecular weight is 506 g/mol. The molecule has 0 bridgehead atoms. The molecule has 37 heavy (non-hydrogen) atoms. The number of rotatable bonds is 5. The SMILES string of the molecule is CC(C)N1CCOc2c(F)cc(-c3nc(Nc4ccc5cc(C6CCNCC6)oc5c4)ncc3F)cc21. The van der Waals surface area contributed by atoms with Gasteiger partial charge in [-0.05, 0) is 70.1 Å². The van der Waals surface area contributed by atoms with Gasteiger partial charge in [0.25, 0.3) is 0 Å². The van der Waals surface area contributed by atoms with Gasteiger partial charge in [0, 0.05) is 34.7 Å². The topological polar surface area (TPSA) is 75.5 Å². The van der Waals surface area contributed by atoms with E-state index in [1.165, 1.54) is 6.07 Å². The van der Waals surface area contributed by atoms with Gasteiger partial charge in [0.15, 0.2) is 17.4 Å². The Morgan fingerprint density at radius 3 is 2.73 bits per heavy atom. The van der Waals surface area contributed by atoms with Gasteiger partial charge >= 0.3 is 0 Å². The first-order valence-electron chi connectivity index (χ1n) is 12.7. The summed E-state index contributed by atoms with van der Waals surface area (Å²) < 4.78 is 41.6. The molecular weight excluding hydrogens is 476 g/mol. The number of hydrogen-bond donors (Lipinski definition) is 2. The number of fused-ring (bicyclic) bond motifs is 2. The van der Waals surface area contributed by atoms with E-state index in [9.17, 15) is 8.78 Å². The van der Waals surface area contributed by atoms with Crippen LogP contribution >= 0.6 is 0 Å². The lowest BCUT2D eigenvalue weighted by Crippen LogP contribution is -2.38. The van der Waals surface area contributed by atoms with E-state index in [0.717, 1.165) is 48.9 Å². The lowest BCUT2D eigenvalue weighted by molar-refractivity contribution is 0.287. The van der Waals surface area contributed by atoms with E-state index in [4.69, 9.17) is 9.15 Å². The second-order valence-electron chi connectivity index (χ2n) is 9.88. The van der Waals surface area contributed by atoms with Crippen LogP contribution in [0.25, 0.3) is 22.2 Å². The predicted molar refractivity (Wildman–Crippen MR) is 140 cm³/mol. The molecule has 0 radical (unpaired) electrons. The van der Waals surface area contributed by atoms with E-state index in [2.05, 4.69) is 26.7 Å². The molecule has 1 saturated heterocycles. The summed E-state index contributed by atoms with van der Waals surface area (Å²) in [6.07, 6.45) is 3.21. The van der Waals surface area contributed by atoms with Crippen molar-refractivity contribution < 1.29 is 17.9 Å². The number of nitrogens with zero attached hydrogens (tertiary/aromatic N) is 3. The van der Waals surface area contributed by atoms with Gasteiger partial charge in [-0.3, -0.25) is 0 Å². The van der Waals surface area contributed by atoms with Gasteiger partial charge in [0.05, 0.1) is 18.4 Å². The van der Waals surface area contributed by atoms with E-state index < -0.39 is 11.6 Å². The number of furan rings is 1. The summed E-state index contributed by atoms with van der Waals surface area (Å²) in [4.78, 5) is 10.5. The van der Waals surface area contributed by atoms with Crippen LogP contribution in [0.4, 0.5) is 26.1 Å². The smallest absolute Gasteiger partial charge is 0.227 e. The lowest BCUT2D eigenvalue weighted by Gasteiger charge is -2.34. The first-order chi connectivity index (χ1) is 18.0. The second-order valence-corrected chi connectivity index (χ2v) is 9.88. The van der Waals surface area contributed by atoms with Crippen LogP contribution in [-0.2, 0) is 0 Å². The van der Waals surface area contributed by atoms with Crippen LogP contribution in [-0.4, -0.2) is 42.3 Å². The van der Waals surface area contributed by atoms with E-state index in [0.29, 0.717) is 36.0 Å². The Kier molecular flexibility index (Phi) is 6.16. The quantitative estimate of drug-likeness (QED) is 0.345. The highest BCUT2D eigenvalue weighted by molar-refractivity contribution is 5.82. The number of piperidine rings is 1. The maximum Gasteiger partial charge on any atom is 0.227 e. The Bertz CT molecular complexity index is 1450. The van der Waals surface area contributed by atoms with Crippen molar-refractivity contribution in [3.63, 3.8) is 0 Å². The largest absolute Gasteiger partial charge is 0.486 e. The van der Waals surface area contributed by atoms with Crippen LogP contribution < -0.4 is 20.3 Å². The fourth-order valence-electron chi connectivity index (χ4n) is 5.17. The minimum atomic E-state index is -0.633. The maximum absolute atomic E-state index is 15.0. The summed E-state index contributed by atoms with van der Waals surface area (Å²) in [5.74, 6) is 0.636. The normalized spacial score (nSPS) is 16.2. The Hall–Kier alpha value is -3.72. The van der Waals surface area contributed by atoms with Gasteiger partial charge in [-0.2, -0.15) is 0 Å². The molecule has 0 aliphatic carbocycles. The van der Waals surface area contributed by atoms with Gasteiger partial charge in [0.2, 0.25) is 5.95 Å². The average Bonchev–Trinajstić information content (AvgIpc) is 3.33. The fourth-order valence-corrected chi connectivity index (χ4v) is 5.17. The summed E-state index contributed by atoms with van der Waals surface area (Å²) in [5.41, 5.74) is 2.42. The molecule has 0 unspecified atom stereocenters. The van der Waals surface area contributed by atoms with Crippen LogP contribution in [0.2, 0.25) is 0 Å². The molecule has 0 amide bonds. The summed E-state index contributed by atoms with van der Waals surface area (Å²) in [5, 5.41) is 7.55. The molecule has 2 aliphatic rings. The molecule has 4 heterocycles. The molecule has 7 nitrogen and oxygen atoms in total. The van der Waals surface area contributed by atoms with Gasteiger partial charge < -0.3 is 24.7 Å². The minimum Gasteiger partial charge on any atom is -0.486 e. The zero-order chi connectivity index (χ0) is 25.5. The second kappa shape index (κ2) is 9.63. The van der Waals surface area contributed by atoms with Crippen molar-refractivity contribution in [1.29, 1.82) is 0 Å². The number of hydrogen-bond acceptors (Lipinski definition) is 7. The molecule has 2 aliphatic heterocycles. The molecule has 2 aromatic heterocycles. The van der Waals surface area contributed by atoms with Crippen molar-refractivity contribution >= 4 is 28.3 Å². The van der Waals surface area contributed by atoms with Gasteiger partial charge in [-0.25, -0.2) is 18.7 Å². The van der Waals surface area contributed by atoms with E-state index in [-0.39, 0.29) is 23.4 Å². The predicted octanol–water partition coefficient (Wildman–Crippen LogP) is 5.99. The highest BCUT2D eigenvalue weighted by Gasteiger charge is 2.26. The molecule has 192 valence electrons. The minimum absolute atomic E-state index is 0.0146. The molecule has 0 atom stereocenters. The van der Waals surface area contributed by atoms with Crippen molar-refractivity contribution in [2.24, 2.45) is 0 Å². The number of nitrogens with one attached hydrogen (secondary N) is 2. The molecule has 2 aromatic carbocycles. The van der Waals surface area contributed by atoms with Crippen molar-refractivity contribution in [1.82, 2.24) is 15.3 Å². The Morgan fingerprint density at radius 1 is 1.08 bits per heavy atom. The van der Waals surface area contributed by atoms with E-state index in [1.54, 1.807) is 6.07 Å². The first-order valence-corrected chi connectivity index (χ1v) is 12.7. The molecule has 2 N–H and O–H groups in total. The zero-order valence-electron chi connectivity index (χ0n) is 20.9. The molecule has 0 saturated carbocycles. The van der Waals surface area contributed by atoms with Crippen LogP contribution in [0.1, 0.15) is 38.4 Å². The number of benzene rings is 2. The fraction of sp³-hybridized carbons (Fsp3) is 0.357. The molecule has 6 rings (SSSR count). The zero-order valence-corrected chi connectivity index (χ0v) is 20.9. The monoisotopic (exact) mass is 505 g/mol. The summed E-state index contributed by atoms with van der Waals surface area (Å²) >= 11 is 0. The third kappa shape index (κ3) is 4.59. The van der Waals surface area contributed by atoms with Crippen molar-refractivity contribution in [3.8, 4) is 17.0 Å². The van der Waals surface area contributed by atoms with Gasteiger partial charge in [0.1, 0.15) is 23.6 Å².